The van der Waals surface area contributed by atoms with Crippen LogP contribution in [-0.4, -0.2) is 23.6 Å². The van der Waals surface area contributed by atoms with E-state index in [0.29, 0.717) is 27.2 Å². The van der Waals surface area contributed by atoms with Gasteiger partial charge in [-0.25, -0.2) is 4.79 Å². The summed E-state index contributed by atoms with van der Waals surface area (Å²) in [7, 11) is 1.31. The molecule has 0 saturated carbocycles. The van der Waals surface area contributed by atoms with Crippen LogP contribution in [0, 0.1) is 0 Å². The number of nitrogens with zero attached hydrogens (tertiary/aromatic N) is 1. The molecule has 4 aromatic carbocycles. The fraction of sp³-hybridized carbons (Fsp3) is 0.125. The fourth-order valence-corrected chi connectivity index (χ4v) is 4.83. The van der Waals surface area contributed by atoms with Gasteiger partial charge in [-0.05, 0) is 76.9 Å². The van der Waals surface area contributed by atoms with Crippen LogP contribution in [-0.2, 0) is 24.0 Å². The van der Waals surface area contributed by atoms with Crippen molar-refractivity contribution >= 4 is 34.4 Å². The second-order valence-corrected chi connectivity index (χ2v) is 9.92. The molecule has 5 rings (SSSR count). The second-order valence-electron chi connectivity index (χ2n) is 9.48. The van der Waals surface area contributed by atoms with E-state index in [-0.39, 0.29) is 19.0 Å². The van der Waals surface area contributed by atoms with Crippen molar-refractivity contribution in [2.24, 2.45) is 0 Å². The topological polar surface area (TPSA) is 60.3 Å². The third-order valence-corrected chi connectivity index (χ3v) is 6.96. The summed E-state index contributed by atoms with van der Waals surface area (Å²) in [6.07, 6.45) is -2.60. The number of halogens is 4. The molecule has 41 heavy (non-hydrogen) atoms. The predicted octanol–water partition coefficient (Wildman–Crippen LogP) is 7.75. The van der Waals surface area contributed by atoms with Crippen molar-refractivity contribution in [3.8, 4) is 11.1 Å². The van der Waals surface area contributed by atoms with Gasteiger partial charge in [-0.1, -0.05) is 48.0 Å². The maximum Gasteiger partial charge on any atom is 0.416 e. The van der Waals surface area contributed by atoms with Gasteiger partial charge in [0.2, 0.25) is 0 Å². The molecule has 9 heteroatoms. The normalized spacial score (nSPS) is 11.4. The Balaban J connectivity index is 1.49. The van der Waals surface area contributed by atoms with Crippen LogP contribution in [0.3, 0.4) is 0 Å². The number of hydrogen-bond donors (Lipinski definition) is 1. The molecular weight excluding hydrogens is 553 g/mol. The SMILES string of the molecule is COC(=O)c1ccc(CNC(=O)c2cc(-c3cccc(Cl)c3)cc3ccn(Cc4ccc(C(F)(F)F)cc4)c23)cc1. The van der Waals surface area contributed by atoms with Gasteiger partial charge < -0.3 is 14.6 Å². The zero-order chi connectivity index (χ0) is 29.1. The van der Waals surface area contributed by atoms with Gasteiger partial charge in [0.25, 0.3) is 5.91 Å². The molecule has 0 aliphatic heterocycles. The quantitative estimate of drug-likeness (QED) is 0.202. The van der Waals surface area contributed by atoms with Crippen LogP contribution in [0.5, 0.6) is 0 Å². The lowest BCUT2D eigenvalue weighted by Crippen LogP contribution is -2.23. The minimum atomic E-state index is -4.42. The van der Waals surface area contributed by atoms with E-state index in [4.69, 9.17) is 16.3 Å². The number of aromatic nitrogens is 1. The number of rotatable bonds is 7. The van der Waals surface area contributed by atoms with Gasteiger partial charge in [0.15, 0.2) is 0 Å². The molecule has 0 atom stereocenters. The minimum Gasteiger partial charge on any atom is -0.465 e. The average Bonchev–Trinajstić information content (AvgIpc) is 3.37. The second kappa shape index (κ2) is 11.5. The van der Waals surface area contributed by atoms with Gasteiger partial charge in [0.05, 0.1) is 29.3 Å². The highest BCUT2D eigenvalue weighted by atomic mass is 35.5. The highest BCUT2D eigenvalue weighted by Crippen LogP contribution is 2.32. The summed E-state index contributed by atoms with van der Waals surface area (Å²) in [5, 5.41) is 4.30. The number of methoxy groups -OCH3 is 1. The number of fused-ring (bicyclic) bond motifs is 1. The van der Waals surface area contributed by atoms with Crippen LogP contribution in [0.1, 0.15) is 37.4 Å². The lowest BCUT2D eigenvalue weighted by atomic mass is 9.99. The summed E-state index contributed by atoms with van der Waals surface area (Å²) in [5.41, 5.74) is 3.81. The van der Waals surface area contributed by atoms with Gasteiger partial charge in [-0.3, -0.25) is 4.79 Å². The number of alkyl halides is 3. The Labute approximate surface area is 239 Å². The molecular formula is C32H24ClF3N2O3. The molecule has 0 spiro atoms. The minimum absolute atomic E-state index is 0.211. The van der Waals surface area contributed by atoms with Crippen LogP contribution in [0.4, 0.5) is 13.2 Å². The standard InChI is InChI=1S/C32H24ClF3N2O3/c1-41-31(40)22-9-5-20(6-10-22)18-37-30(39)28-17-25(23-3-2-4-27(33)16-23)15-24-13-14-38(29(24)28)19-21-7-11-26(12-8-21)32(34,35)36/h2-17H,18-19H2,1H3,(H,37,39). The smallest absolute Gasteiger partial charge is 0.416 e. The summed E-state index contributed by atoms with van der Waals surface area (Å²) < 4.78 is 45.7. The molecule has 0 fully saturated rings. The highest BCUT2D eigenvalue weighted by Gasteiger charge is 2.30. The zero-order valence-electron chi connectivity index (χ0n) is 21.8. The van der Waals surface area contributed by atoms with Crippen molar-refractivity contribution < 1.29 is 27.5 Å². The fourth-order valence-electron chi connectivity index (χ4n) is 4.64. The van der Waals surface area contributed by atoms with E-state index in [2.05, 4.69) is 5.32 Å². The van der Waals surface area contributed by atoms with Crippen molar-refractivity contribution in [1.82, 2.24) is 9.88 Å². The first kappa shape index (κ1) is 28.0. The summed E-state index contributed by atoms with van der Waals surface area (Å²) in [6.45, 7) is 0.482. The first-order valence-electron chi connectivity index (χ1n) is 12.6. The van der Waals surface area contributed by atoms with Crippen LogP contribution in [0.15, 0.2) is 97.2 Å². The number of benzene rings is 4. The number of nitrogens with one attached hydrogen (secondary N) is 1. The Morgan fingerprint density at radius 1 is 0.878 bits per heavy atom. The van der Waals surface area contributed by atoms with E-state index in [1.807, 2.05) is 41.1 Å². The average molecular weight is 577 g/mol. The van der Waals surface area contributed by atoms with Gasteiger partial charge in [0, 0.05) is 29.7 Å². The number of esters is 1. The molecule has 1 amide bonds. The molecule has 0 radical (unpaired) electrons. The Kier molecular flexibility index (Phi) is 7.85. The number of carbonyl (C=O) groups excluding carboxylic acids is 2. The Morgan fingerprint density at radius 3 is 2.24 bits per heavy atom. The van der Waals surface area contributed by atoms with Crippen molar-refractivity contribution in [2.45, 2.75) is 19.3 Å². The van der Waals surface area contributed by atoms with E-state index in [0.717, 1.165) is 34.2 Å². The molecule has 1 aromatic heterocycles. The number of ether oxygens (including phenoxy) is 1. The third-order valence-electron chi connectivity index (χ3n) is 6.73. The van der Waals surface area contributed by atoms with E-state index in [9.17, 15) is 22.8 Å². The van der Waals surface area contributed by atoms with Crippen LogP contribution >= 0.6 is 11.6 Å². The first-order valence-corrected chi connectivity index (χ1v) is 13.0. The summed E-state index contributed by atoms with van der Waals surface area (Å²) >= 11 is 6.22. The molecule has 0 aliphatic rings. The van der Waals surface area contributed by atoms with Crippen molar-refractivity contribution in [1.29, 1.82) is 0 Å². The molecule has 208 valence electrons. The molecule has 1 N–H and O–H groups in total. The summed E-state index contributed by atoms with van der Waals surface area (Å²) in [4.78, 5) is 25.3. The lowest BCUT2D eigenvalue weighted by Gasteiger charge is -2.14. The largest absolute Gasteiger partial charge is 0.465 e. The zero-order valence-corrected chi connectivity index (χ0v) is 22.6. The molecule has 0 aliphatic carbocycles. The molecule has 0 unspecified atom stereocenters. The van der Waals surface area contributed by atoms with Gasteiger partial charge >= 0.3 is 12.1 Å². The van der Waals surface area contributed by atoms with E-state index in [1.54, 1.807) is 36.4 Å². The Morgan fingerprint density at radius 2 is 1.59 bits per heavy atom. The maximum atomic E-state index is 13.6. The molecule has 5 aromatic rings. The Hall–Kier alpha value is -4.56. The van der Waals surface area contributed by atoms with Crippen LogP contribution < -0.4 is 5.32 Å². The predicted molar refractivity (Wildman–Crippen MR) is 152 cm³/mol. The van der Waals surface area contributed by atoms with E-state index in [1.165, 1.54) is 19.2 Å². The molecule has 5 nitrogen and oxygen atoms in total. The van der Waals surface area contributed by atoms with Gasteiger partial charge in [0.1, 0.15) is 0 Å². The van der Waals surface area contributed by atoms with Crippen LogP contribution in [0.2, 0.25) is 5.02 Å². The number of amides is 1. The Bertz CT molecular complexity index is 1730. The van der Waals surface area contributed by atoms with E-state index >= 15 is 0 Å². The molecule has 0 saturated heterocycles. The monoisotopic (exact) mass is 576 g/mol. The van der Waals surface area contributed by atoms with E-state index < -0.39 is 17.7 Å². The number of hydrogen-bond acceptors (Lipinski definition) is 3. The molecule has 1 heterocycles. The number of carbonyl (C=O) groups is 2. The molecule has 0 bridgehead atoms. The van der Waals surface area contributed by atoms with Gasteiger partial charge in [-0.15, -0.1) is 0 Å². The highest BCUT2D eigenvalue weighted by molar-refractivity contribution is 6.30. The maximum absolute atomic E-state index is 13.6. The van der Waals surface area contributed by atoms with Gasteiger partial charge in [-0.2, -0.15) is 13.2 Å². The first-order chi connectivity index (χ1) is 19.6. The lowest BCUT2D eigenvalue weighted by molar-refractivity contribution is -0.137. The third kappa shape index (κ3) is 6.28. The van der Waals surface area contributed by atoms with Crippen molar-refractivity contribution in [3.05, 3.63) is 130 Å². The van der Waals surface area contributed by atoms with Crippen molar-refractivity contribution in [3.63, 3.8) is 0 Å². The summed E-state index contributed by atoms with van der Waals surface area (Å²) in [5.74, 6) is -0.780. The van der Waals surface area contributed by atoms with Crippen LogP contribution in [0.25, 0.3) is 22.0 Å². The van der Waals surface area contributed by atoms with Crippen molar-refractivity contribution in [2.75, 3.05) is 7.11 Å². The summed E-state index contributed by atoms with van der Waals surface area (Å²) in [6, 6.07) is 24.6.